The van der Waals surface area contributed by atoms with Gasteiger partial charge in [-0.1, -0.05) is 152 Å². The molecule has 1 aliphatic rings. The van der Waals surface area contributed by atoms with Crippen molar-refractivity contribution in [1.29, 1.82) is 0 Å². The van der Waals surface area contributed by atoms with Gasteiger partial charge in [-0.3, -0.25) is 4.99 Å². The van der Waals surface area contributed by atoms with E-state index in [2.05, 4.69) is 170 Å². The van der Waals surface area contributed by atoms with Crippen LogP contribution in [0.4, 0.5) is 0 Å². The maximum Gasteiger partial charge on any atom is 0.155 e. The Balaban J connectivity index is 1.13. The highest BCUT2D eigenvalue weighted by Crippen LogP contribution is 2.46. The fraction of sp³-hybridized carbons (Fsp3) is 0.0588. The first kappa shape index (κ1) is 31.9. The van der Waals surface area contributed by atoms with Crippen molar-refractivity contribution < 1.29 is 4.42 Å². The van der Waals surface area contributed by atoms with Gasteiger partial charge in [0.15, 0.2) is 5.84 Å². The molecule has 1 atom stereocenters. The van der Waals surface area contributed by atoms with Crippen molar-refractivity contribution >= 4 is 97.3 Å². The number of rotatable bonds is 4. The summed E-state index contributed by atoms with van der Waals surface area (Å²) in [5, 5.41) is 12.2. The van der Waals surface area contributed by atoms with Crippen LogP contribution >= 0.6 is 11.3 Å². The van der Waals surface area contributed by atoms with Gasteiger partial charge in [-0.2, -0.15) is 0 Å². The molecule has 0 saturated carbocycles. The first-order chi connectivity index (χ1) is 27.2. The lowest BCUT2D eigenvalue weighted by Gasteiger charge is -2.18. The minimum Gasteiger partial charge on any atom is -0.456 e. The number of fused-ring (bicyclic) bond motifs is 11. The molecule has 3 nitrogen and oxygen atoms in total. The lowest BCUT2D eigenvalue weighted by Crippen LogP contribution is -2.17. The lowest BCUT2D eigenvalue weighted by molar-refractivity contribution is 0.669. The third-order valence-corrected chi connectivity index (χ3v) is 12.5. The first-order valence-electron chi connectivity index (χ1n) is 18.8. The average Bonchev–Trinajstić information content (AvgIpc) is 3.84. The molecule has 2 heterocycles. The summed E-state index contributed by atoms with van der Waals surface area (Å²) in [6.07, 6.45) is 9.62. The van der Waals surface area contributed by atoms with Gasteiger partial charge >= 0.3 is 0 Å². The van der Waals surface area contributed by atoms with Crippen molar-refractivity contribution in [3.8, 4) is 11.1 Å². The fourth-order valence-corrected chi connectivity index (χ4v) is 10.0. The molecule has 0 fully saturated rings. The predicted octanol–water partition coefficient (Wildman–Crippen LogP) is 14.1. The summed E-state index contributed by atoms with van der Waals surface area (Å²) in [7, 11) is 1.85. The van der Waals surface area contributed by atoms with Gasteiger partial charge in [0, 0.05) is 55.0 Å². The van der Waals surface area contributed by atoms with Crippen LogP contribution in [0.1, 0.15) is 17.5 Å². The summed E-state index contributed by atoms with van der Waals surface area (Å²) in [5.41, 5.74) is 7.08. The highest BCUT2D eigenvalue weighted by molar-refractivity contribution is 7.27. The standard InChI is InChI=1S/C51H34N2OS/c1-52-51(53-48(34-14-3-2-4-15-34)35-27-26-33-25-24-31-12-5-7-16-36(31)43(33)30-35)42-21-11-23-45-47(42)46-38(18-10-22-44(46)54-45)39-19-9-20-40-41-29-28-32-13-6-8-17-37(32)49(41)55-50(39)40/h2-14,16-30,34H,15H2,1H3/b52-51-,53-48-. The molecule has 0 radical (unpaired) electrons. The Kier molecular flexibility index (Phi) is 7.39. The lowest BCUT2D eigenvalue weighted by atomic mass is 9.89. The number of hydrogen-bond donors (Lipinski definition) is 0. The summed E-state index contributed by atoms with van der Waals surface area (Å²) in [4.78, 5) is 10.5. The zero-order valence-corrected chi connectivity index (χ0v) is 31.0. The quantitative estimate of drug-likeness (QED) is 0.101. The Hall–Kier alpha value is -6.62. The van der Waals surface area contributed by atoms with E-state index in [4.69, 9.17) is 14.4 Å². The molecule has 1 unspecified atom stereocenters. The average molecular weight is 723 g/mol. The summed E-state index contributed by atoms with van der Waals surface area (Å²) in [6, 6.07) is 52.4. The van der Waals surface area contributed by atoms with E-state index in [9.17, 15) is 0 Å². The van der Waals surface area contributed by atoms with Crippen molar-refractivity contribution in [2.45, 2.75) is 6.42 Å². The molecular weight excluding hydrogens is 689 g/mol. The number of hydrogen-bond acceptors (Lipinski definition) is 3. The van der Waals surface area contributed by atoms with Gasteiger partial charge in [-0.05, 0) is 68.1 Å². The number of amidine groups is 1. The van der Waals surface area contributed by atoms with Gasteiger partial charge in [0.1, 0.15) is 11.2 Å². The Labute approximate surface area is 321 Å². The van der Waals surface area contributed by atoms with Gasteiger partial charge < -0.3 is 4.42 Å². The maximum absolute atomic E-state index is 6.65. The van der Waals surface area contributed by atoms with Crippen molar-refractivity contribution in [3.05, 3.63) is 181 Å². The number of nitrogens with zero attached hydrogens (tertiary/aromatic N) is 2. The number of furan rings is 1. The van der Waals surface area contributed by atoms with E-state index < -0.39 is 0 Å². The predicted molar refractivity (Wildman–Crippen MR) is 236 cm³/mol. The van der Waals surface area contributed by atoms with E-state index >= 15 is 0 Å². The second kappa shape index (κ2) is 12.8. The van der Waals surface area contributed by atoms with Crippen LogP contribution in [0.5, 0.6) is 0 Å². The van der Waals surface area contributed by atoms with Crippen LogP contribution in [0.25, 0.3) is 85.6 Å². The Morgan fingerprint density at radius 2 is 1.25 bits per heavy atom. The van der Waals surface area contributed by atoms with E-state index in [-0.39, 0.29) is 5.92 Å². The number of thiophene rings is 1. The molecule has 55 heavy (non-hydrogen) atoms. The molecule has 2 aromatic heterocycles. The minimum atomic E-state index is 0.103. The van der Waals surface area contributed by atoms with Gasteiger partial charge in [0.25, 0.3) is 0 Å². The van der Waals surface area contributed by atoms with Gasteiger partial charge in [0.05, 0.1) is 5.71 Å². The van der Waals surface area contributed by atoms with E-state index in [0.29, 0.717) is 5.84 Å². The molecule has 10 aromatic rings. The van der Waals surface area contributed by atoms with Crippen LogP contribution in [0.3, 0.4) is 0 Å². The van der Waals surface area contributed by atoms with Crippen LogP contribution in [-0.4, -0.2) is 18.6 Å². The third kappa shape index (κ3) is 5.10. The van der Waals surface area contributed by atoms with E-state index in [1.807, 2.05) is 18.4 Å². The van der Waals surface area contributed by atoms with Crippen LogP contribution < -0.4 is 0 Å². The van der Waals surface area contributed by atoms with Crippen molar-refractivity contribution in [3.63, 3.8) is 0 Å². The second-order valence-corrected chi connectivity index (χ2v) is 15.3. The molecule has 0 aliphatic heterocycles. The zero-order valence-electron chi connectivity index (χ0n) is 30.2. The molecule has 0 spiro atoms. The van der Waals surface area contributed by atoms with E-state index in [1.165, 1.54) is 58.1 Å². The topological polar surface area (TPSA) is 37.9 Å². The normalized spacial score (nSPS) is 15.2. The molecule has 0 saturated heterocycles. The van der Waals surface area contributed by atoms with Crippen LogP contribution in [0, 0.1) is 5.92 Å². The number of aliphatic imine (C=N–C) groups is 2. The Morgan fingerprint density at radius 3 is 2.09 bits per heavy atom. The zero-order chi connectivity index (χ0) is 36.5. The molecule has 4 heteroatoms. The SMILES string of the molecule is C/N=C(\N=C(/c1ccc2ccc3ccccc3c2c1)C1C=CC=CC1)c1cccc2oc3cccc(-c4cccc5c4sc4c6ccccc6ccc54)c3c12. The van der Waals surface area contributed by atoms with Crippen molar-refractivity contribution in [2.75, 3.05) is 7.05 Å². The molecule has 0 amide bonds. The molecule has 11 rings (SSSR count). The summed E-state index contributed by atoms with van der Waals surface area (Å²) in [5.74, 6) is 0.789. The monoisotopic (exact) mass is 722 g/mol. The number of benzene rings is 8. The van der Waals surface area contributed by atoms with Crippen LogP contribution in [-0.2, 0) is 0 Å². The van der Waals surface area contributed by atoms with E-state index in [0.717, 1.165) is 50.8 Å². The van der Waals surface area contributed by atoms with Crippen molar-refractivity contribution in [1.82, 2.24) is 0 Å². The molecule has 0 bridgehead atoms. The molecule has 0 N–H and O–H groups in total. The summed E-state index contributed by atoms with van der Waals surface area (Å²) < 4.78 is 9.25. The fourth-order valence-electron chi connectivity index (χ4n) is 8.67. The Morgan fingerprint density at radius 1 is 0.582 bits per heavy atom. The molecule has 1 aliphatic carbocycles. The molecular formula is C51H34N2OS. The second-order valence-electron chi connectivity index (χ2n) is 14.3. The third-order valence-electron chi connectivity index (χ3n) is 11.3. The smallest absolute Gasteiger partial charge is 0.155 e. The largest absolute Gasteiger partial charge is 0.456 e. The molecule has 8 aromatic carbocycles. The highest BCUT2D eigenvalue weighted by Gasteiger charge is 2.23. The van der Waals surface area contributed by atoms with Crippen LogP contribution in [0.15, 0.2) is 184 Å². The van der Waals surface area contributed by atoms with E-state index in [1.54, 1.807) is 0 Å². The maximum atomic E-state index is 6.65. The first-order valence-corrected chi connectivity index (χ1v) is 19.6. The number of allylic oxidation sites excluding steroid dienone is 4. The summed E-state index contributed by atoms with van der Waals surface area (Å²) >= 11 is 1.88. The Bertz CT molecular complexity index is 3320. The van der Waals surface area contributed by atoms with Gasteiger partial charge in [-0.15, -0.1) is 11.3 Å². The van der Waals surface area contributed by atoms with Gasteiger partial charge in [-0.25, -0.2) is 4.99 Å². The minimum absolute atomic E-state index is 0.103. The van der Waals surface area contributed by atoms with Crippen LogP contribution in [0.2, 0.25) is 0 Å². The highest BCUT2D eigenvalue weighted by atomic mass is 32.1. The molecule has 260 valence electrons. The summed E-state index contributed by atoms with van der Waals surface area (Å²) in [6.45, 7) is 0. The van der Waals surface area contributed by atoms with Crippen molar-refractivity contribution in [2.24, 2.45) is 15.9 Å². The van der Waals surface area contributed by atoms with Gasteiger partial charge in [0.2, 0.25) is 0 Å².